The molecule has 0 aliphatic carbocycles. The fourth-order valence-corrected chi connectivity index (χ4v) is 3.10. The van der Waals surface area contributed by atoms with Crippen LogP contribution >= 0.6 is 31.9 Å². The molecule has 1 aliphatic heterocycles. The predicted molar refractivity (Wildman–Crippen MR) is 76.4 cm³/mol. The summed E-state index contributed by atoms with van der Waals surface area (Å²) in [4.78, 5) is 0.0366. The maximum Gasteiger partial charge on any atom is 0.261 e. The largest absolute Gasteiger partial charge is 0.493 e. The van der Waals surface area contributed by atoms with Gasteiger partial charge in [-0.1, -0.05) is 31.9 Å². The van der Waals surface area contributed by atoms with Crippen molar-refractivity contribution in [3.05, 3.63) is 27.7 Å². The predicted octanol–water partition coefficient (Wildman–Crippen LogP) is 4.49. The summed E-state index contributed by atoms with van der Waals surface area (Å²) in [6, 6.07) is 4.05. The van der Waals surface area contributed by atoms with Crippen molar-refractivity contribution >= 4 is 31.9 Å². The lowest BCUT2D eigenvalue weighted by Crippen LogP contribution is -2.07. The minimum absolute atomic E-state index is 0.0366. The van der Waals surface area contributed by atoms with Crippen LogP contribution in [0, 0.1) is 0 Å². The van der Waals surface area contributed by atoms with Crippen molar-refractivity contribution in [3.8, 4) is 5.75 Å². The lowest BCUT2D eigenvalue weighted by atomic mass is 10.0. The first-order chi connectivity index (χ1) is 9.08. The maximum atomic E-state index is 12.0. The van der Waals surface area contributed by atoms with E-state index in [0.717, 1.165) is 22.2 Å². The lowest BCUT2D eigenvalue weighted by Gasteiger charge is -2.15. The number of ether oxygens (including phenoxy) is 2. The Balaban J connectivity index is 1.97. The monoisotopic (exact) mass is 398 g/mol. The van der Waals surface area contributed by atoms with E-state index in [-0.39, 0.29) is 4.83 Å². The average molecular weight is 400 g/mol. The first-order valence-corrected chi connectivity index (χ1v) is 7.74. The highest BCUT2D eigenvalue weighted by Crippen LogP contribution is 2.40. The molecule has 0 aromatic heterocycles. The standard InChI is InChI=1S/C13H14Br2F2O2/c14-9-5-8-1-4-19-13(8)10(6-9)11(15)2-3-18-7-12(16)17/h5-6,11-12H,1-4,7H2. The van der Waals surface area contributed by atoms with Crippen molar-refractivity contribution in [1.29, 1.82) is 0 Å². The van der Waals surface area contributed by atoms with Crippen molar-refractivity contribution in [1.82, 2.24) is 0 Å². The molecule has 1 aliphatic rings. The quantitative estimate of drug-likeness (QED) is 0.518. The summed E-state index contributed by atoms with van der Waals surface area (Å²) < 4.78 is 35.5. The van der Waals surface area contributed by atoms with Crippen molar-refractivity contribution in [3.63, 3.8) is 0 Å². The van der Waals surface area contributed by atoms with Crippen LogP contribution in [0.15, 0.2) is 16.6 Å². The van der Waals surface area contributed by atoms with Crippen molar-refractivity contribution in [2.24, 2.45) is 0 Å². The van der Waals surface area contributed by atoms with Crippen molar-refractivity contribution < 1.29 is 18.3 Å². The molecule has 0 spiro atoms. The summed E-state index contributed by atoms with van der Waals surface area (Å²) in [5.41, 5.74) is 2.23. The Morgan fingerprint density at radius 1 is 1.37 bits per heavy atom. The Labute approximate surface area is 127 Å². The molecule has 0 saturated carbocycles. The molecule has 0 radical (unpaired) electrons. The van der Waals surface area contributed by atoms with Gasteiger partial charge >= 0.3 is 0 Å². The van der Waals surface area contributed by atoms with E-state index >= 15 is 0 Å². The van der Waals surface area contributed by atoms with Gasteiger partial charge in [-0.25, -0.2) is 8.78 Å². The molecule has 0 bridgehead atoms. The first kappa shape index (κ1) is 15.2. The Hall–Kier alpha value is -0.200. The van der Waals surface area contributed by atoms with Gasteiger partial charge in [0.15, 0.2) is 0 Å². The molecule has 0 N–H and O–H groups in total. The summed E-state index contributed by atoms with van der Waals surface area (Å²) in [6.07, 6.45) is -0.880. The van der Waals surface area contributed by atoms with E-state index in [4.69, 9.17) is 9.47 Å². The second kappa shape index (κ2) is 6.99. The van der Waals surface area contributed by atoms with E-state index < -0.39 is 13.0 Å². The Kier molecular flexibility index (Phi) is 5.59. The second-order valence-electron chi connectivity index (χ2n) is 4.30. The van der Waals surface area contributed by atoms with E-state index in [1.54, 1.807) is 0 Å². The Morgan fingerprint density at radius 2 is 2.16 bits per heavy atom. The highest BCUT2D eigenvalue weighted by molar-refractivity contribution is 9.10. The van der Waals surface area contributed by atoms with Crippen molar-refractivity contribution in [2.75, 3.05) is 19.8 Å². The summed E-state index contributed by atoms with van der Waals surface area (Å²) in [7, 11) is 0. The Morgan fingerprint density at radius 3 is 2.89 bits per heavy atom. The van der Waals surface area contributed by atoms with Crippen LogP contribution < -0.4 is 4.74 Å². The summed E-state index contributed by atoms with van der Waals surface area (Å²) >= 11 is 7.05. The third-order valence-corrected chi connectivity index (χ3v) is 4.28. The lowest BCUT2D eigenvalue weighted by molar-refractivity contribution is 0.0167. The molecule has 2 nitrogen and oxygen atoms in total. The van der Waals surface area contributed by atoms with Crippen LogP contribution in [0.4, 0.5) is 8.78 Å². The smallest absolute Gasteiger partial charge is 0.261 e. The van der Waals surface area contributed by atoms with Gasteiger partial charge in [-0.15, -0.1) is 0 Å². The normalized spacial score (nSPS) is 15.4. The number of rotatable bonds is 6. The minimum atomic E-state index is -2.41. The van der Waals surface area contributed by atoms with Crippen LogP contribution in [0.3, 0.4) is 0 Å². The molecule has 2 rings (SSSR count). The average Bonchev–Trinajstić information content (AvgIpc) is 2.80. The second-order valence-corrected chi connectivity index (χ2v) is 6.32. The molecule has 106 valence electrons. The van der Waals surface area contributed by atoms with E-state index in [0.29, 0.717) is 19.6 Å². The van der Waals surface area contributed by atoms with Crippen LogP contribution in [0.2, 0.25) is 0 Å². The zero-order valence-electron chi connectivity index (χ0n) is 10.2. The van der Waals surface area contributed by atoms with Gasteiger partial charge in [0.1, 0.15) is 12.4 Å². The minimum Gasteiger partial charge on any atom is -0.493 e. The van der Waals surface area contributed by atoms with Gasteiger partial charge in [-0.05, 0) is 24.1 Å². The molecule has 0 amide bonds. The SMILES string of the molecule is FC(F)COCCC(Br)c1cc(Br)cc2c1OCC2. The number of benzene rings is 1. The first-order valence-electron chi connectivity index (χ1n) is 6.03. The molecule has 6 heteroatoms. The van der Waals surface area contributed by atoms with E-state index in [9.17, 15) is 8.78 Å². The topological polar surface area (TPSA) is 18.5 Å². The van der Waals surface area contributed by atoms with Crippen LogP contribution in [-0.2, 0) is 11.2 Å². The number of halogens is 4. The van der Waals surface area contributed by atoms with Crippen molar-refractivity contribution in [2.45, 2.75) is 24.1 Å². The maximum absolute atomic E-state index is 12.0. The van der Waals surface area contributed by atoms with Gasteiger partial charge in [0.2, 0.25) is 0 Å². The van der Waals surface area contributed by atoms with Gasteiger partial charge in [0, 0.05) is 27.9 Å². The highest BCUT2D eigenvalue weighted by atomic mass is 79.9. The van der Waals surface area contributed by atoms with Crippen LogP contribution in [0.25, 0.3) is 0 Å². The number of fused-ring (bicyclic) bond motifs is 1. The fraction of sp³-hybridized carbons (Fsp3) is 0.538. The number of hydrogen-bond acceptors (Lipinski definition) is 2. The molecule has 0 fully saturated rings. The Bertz CT molecular complexity index is 441. The number of hydrogen-bond donors (Lipinski definition) is 0. The van der Waals surface area contributed by atoms with E-state index in [1.165, 1.54) is 5.56 Å². The van der Waals surface area contributed by atoms with Crippen LogP contribution in [0.5, 0.6) is 5.75 Å². The van der Waals surface area contributed by atoms with E-state index in [2.05, 4.69) is 37.9 Å². The molecule has 1 unspecified atom stereocenters. The molecule has 1 aromatic rings. The van der Waals surface area contributed by atoms with Crippen LogP contribution in [0.1, 0.15) is 22.4 Å². The third-order valence-electron chi connectivity index (χ3n) is 2.87. The molecule has 1 aromatic carbocycles. The molecular formula is C13H14Br2F2O2. The number of alkyl halides is 3. The molecule has 1 atom stereocenters. The summed E-state index contributed by atoms with van der Waals surface area (Å²) in [5.74, 6) is 0.916. The van der Waals surface area contributed by atoms with Gasteiger partial charge < -0.3 is 9.47 Å². The third kappa shape index (κ3) is 4.13. The van der Waals surface area contributed by atoms with E-state index in [1.807, 2.05) is 6.07 Å². The van der Waals surface area contributed by atoms with Crippen LogP contribution in [-0.4, -0.2) is 26.2 Å². The zero-order valence-corrected chi connectivity index (χ0v) is 13.3. The van der Waals surface area contributed by atoms with Gasteiger partial charge in [-0.3, -0.25) is 0 Å². The zero-order chi connectivity index (χ0) is 13.8. The molecule has 0 saturated heterocycles. The van der Waals surface area contributed by atoms with Gasteiger partial charge in [0.05, 0.1) is 6.61 Å². The molecular weight excluding hydrogens is 386 g/mol. The van der Waals surface area contributed by atoms with Gasteiger partial charge in [-0.2, -0.15) is 0 Å². The van der Waals surface area contributed by atoms with Gasteiger partial charge in [0.25, 0.3) is 6.43 Å². The summed E-state index contributed by atoms with van der Waals surface area (Å²) in [5, 5.41) is 0. The fourth-order valence-electron chi connectivity index (χ4n) is 2.05. The highest BCUT2D eigenvalue weighted by Gasteiger charge is 2.21. The summed E-state index contributed by atoms with van der Waals surface area (Å²) in [6.45, 7) is 0.481. The molecule has 19 heavy (non-hydrogen) atoms. The molecule has 1 heterocycles.